The first-order valence-electron chi connectivity index (χ1n) is 11.6. The average molecular weight is 473 g/mol. The van der Waals surface area contributed by atoms with Crippen LogP contribution in [0, 0.1) is 20.4 Å². The molecule has 176 valence electrons. The number of hydrogen-bond donors (Lipinski definition) is 1. The van der Waals surface area contributed by atoms with Crippen LogP contribution in [0.25, 0.3) is 32.4 Å². The Morgan fingerprint density at radius 1 is 1.00 bits per heavy atom. The number of benzene rings is 2. The van der Waals surface area contributed by atoms with Crippen LogP contribution in [0.1, 0.15) is 30.2 Å². The van der Waals surface area contributed by atoms with Gasteiger partial charge in [-0.05, 0) is 67.6 Å². The van der Waals surface area contributed by atoms with E-state index in [1.165, 1.54) is 6.20 Å². The lowest BCUT2D eigenvalue weighted by Gasteiger charge is -2.22. The molecule has 3 aromatic heterocycles. The first kappa shape index (κ1) is 22.9. The average Bonchev–Trinajstić information content (AvgIpc) is 2.89. The SMILES string of the molecule is [C-]#[N+]c1cnc(C)nc1N[C@@H](C)c1cc2cccc(-c3ccnc(C)c3)c2c(=O)n1-c1ccccc1. The van der Waals surface area contributed by atoms with Crippen LogP contribution < -0.4 is 10.9 Å². The van der Waals surface area contributed by atoms with Gasteiger partial charge in [-0.15, -0.1) is 0 Å². The Hall–Kier alpha value is -4.83. The van der Waals surface area contributed by atoms with Crippen LogP contribution in [-0.4, -0.2) is 19.5 Å². The molecule has 0 aliphatic carbocycles. The van der Waals surface area contributed by atoms with E-state index in [4.69, 9.17) is 6.57 Å². The molecule has 0 aliphatic rings. The standard InChI is InChI=1S/C29H24N6O/c1-18-15-21(13-14-31-18)24-12-8-9-22-16-26(19(2)33-28-25(30-4)17-32-20(3)34-28)35(29(36)27(22)24)23-10-6-5-7-11-23/h5-17,19H,1-3H3,(H,32,33,34)/t19-/m0/s1. The molecule has 1 atom stereocenters. The minimum absolute atomic E-state index is 0.114. The fourth-order valence-corrected chi connectivity index (χ4v) is 4.43. The molecule has 0 fully saturated rings. The highest BCUT2D eigenvalue weighted by molar-refractivity contribution is 5.96. The molecule has 0 radical (unpaired) electrons. The highest BCUT2D eigenvalue weighted by Crippen LogP contribution is 2.31. The Labute approximate surface area is 209 Å². The number of aryl methyl sites for hydroxylation is 2. The van der Waals surface area contributed by atoms with E-state index in [0.29, 0.717) is 22.7 Å². The molecule has 36 heavy (non-hydrogen) atoms. The Bertz CT molecular complexity index is 1680. The van der Waals surface area contributed by atoms with Crippen molar-refractivity contribution in [1.82, 2.24) is 19.5 Å². The molecule has 0 amide bonds. The summed E-state index contributed by atoms with van der Waals surface area (Å²) >= 11 is 0. The predicted octanol–water partition coefficient (Wildman–Crippen LogP) is 6.18. The van der Waals surface area contributed by atoms with Gasteiger partial charge in [0.15, 0.2) is 0 Å². The fourth-order valence-electron chi connectivity index (χ4n) is 4.43. The monoisotopic (exact) mass is 472 g/mol. The van der Waals surface area contributed by atoms with Gasteiger partial charge in [-0.3, -0.25) is 19.3 Å². The lowest BCUT2D eigenvalue weighted by Crippen LogP contribution is -2.26. The summed E-state index contributed by atoms with van der Waals surface area (Å²) in [7, 11) is 0. The number of para-hydroxylation sites is 1. The number of fused-ring (bicyclic) bond motifs is 1. The van der Waals surface area contributed by atoms with E-state index in [2.05, 4.69) is 25.1 Å². The Morgan fingerprint density at radius 2 is 1.81 bits per heavy atom. The summed E-state index contributed by atoms with van der Waals surface area (Å²) in [6.07, 6.45) is 3.27. The summed E-state index contributed by atoms with van der Waals surface area (Å²) in [4.78, 5) is 30.6. The van der Waals surface area contributed by atoms with Crippen molar-refractivity contribution in [2.75, 3.05) is 5.32 Å². The zero-order valence-electron chi connectivity index (χ0n) is 20.2. The van der Waals surface area contributed by atoms with E-state index in [1.54, 1.807) is 17.7 Å². The van der Waals surface area contributed by atoms with Crippen LogP contribution >= 0.6 is 0 Å². The quantitative estimate of drug-likeness (QED) is 0.309. The molecule has 0 aliphatic heterocycles. The summed E-state index contributed by atoms with van der Waals surface area (Å²) in [5, 5.41) is 4.82. The molecule has 0 saturated carbocycles. The number of hydrogen-bond acceptors (Lipinski definition) is 5. The Balaban J connectivity index is 1.75. The fraction of sp³-hybridized carbons (Fsp3) is 0.138. The smallest absolute Gasteiger partial charge is 0.263 e. The Kier molecular flexibility index (Phi) is 6.01. The van der Waals surface area contributed by atoms with Crippen molar-refractivity contribution in [2.45, 2.75) is 26.8 Å². The van der Waals surface area contributed by atoms with E-state index in [-0.39, 0.29) is 11.6 Å². The third-order valence-corrected chi connectivity index (χ3v) is 6.10. The van der Waals surface area contributed by atoms with E-state index in [9.17, 15) is 4.79 Å². The summed E-state index contributed by atoms with van der Waals surface area (Å²) in [5.41, 5.74) is 4.43. The van der Waals surface area contributed by atoms with E-state index in [0.717, 1.165) is 33.6 Å². The summed E-state index contributed by atoms with van der Waals surface area (Å²) in [5.74, 6) is 1.01. The molecule has 2 aromatic carbocycles. The maximum Gasteiger partial charge on any atom is 0.263 e. The first-order chi connectivity index (χ1) is 17.5. The number of rotatable bonds is 5. The maximum atomic E-state index is 14.2. The number of aromatic nitrogens is 4. The Morgan fingerprint density at radius 3 is 2.56 bits per heavy atom. The normalized spacial score (nSPS) is 11.7. The van der Waals surface area contributed by atoms with Crippen molar-refractivity contribution in [2.24, 2.45) is 0 Å². The zero-order valence-corrected chi connectivity index (χ0v) is 20.2. The lowest BCUT2D eigenvalue weighted by atomic mass is 9.98. The second-order valence-corrected chi connectivity index (χ2v) is 8.63. The third kappa shape index (κ3) is 4.21. The maximum absolute atomic E-state index is 14.2. The molecule has 0 saturated heterocycles. The van der Waals surface area contributed by atoms with Crippen molar-refractivity contribution >= 4 is 22.3 Å². The largest absolute Gasteiger partial charge is 0.371 e. The van der Waals surface area contributed by atoms with Crippen molar-refractivity contribution in [3.63, 3.8) is 0 Å². The molecule has 0 unspecified atom stereocenters. The van der Waals surface area contributed by atoms with Crippen LogP contribution in [0.3, 0.4) is 0 Å². The van der Waals surface area contributed by atoms with Crippen molar-refractivity contribution in [3.8, 4) is 16.8 Å². The first-order valence-corrected chi connectivity index (χ1v) is 11.6. The number of anilines is 1. The van der Waals surface area contributed by atoms with Crippen molar-refractivity contribution < 1.29 is 0 Å². The van der Waals surface area contributed by atoms with Gasteiger partial charge < -0.3 is 5.32 Å². The van der Waals surface area contributed by atoms with Gasteiger partial charge in [-0.2, -0.15) is 0 Å². The summed E-state index contributed by atoms with van der Waals surface area (Å²) in [6, 6.07) is 21.1. The van der Waals surface area contributed by atoms with Gasteiger partial charge in [0.05, 0.1) is 18.0 Å². The van der Waals surface area contributed by atoms with E-state index >= 15 is 0 Å². The topological polar surface area (TPSA) is 77.1 Å². The lowest BCUT2D eigenvalue weighted by molar-refractivity contribution is 0.772. The number of nitrogens with zero attached hydrogens (tertiary/aromatic N) is 5. The number of nitrogens with one attached hydrogen (secondary N) is 1. The van der Waals surface area contributed by atoms with Crippen LogP contribution in [0.2, 0.25) is 0 Å². The van der Waals surface area contributed by atoms with Crippen LogP contribution in [0.5, 0.6) is 0 Å². The van der Waals surface area contributed by atoms with Gasteiger partial charge in [-0.1, -0.05) is 36.4 Å². The van der Waals surface area contributed by atoms with Crippen molar-refractivity contribution in [3.05, 3.63) is 118 Å². The zero-order chi connectivity index (χ0) is 25.2. The molecule has 0 bridgehead atoms. The number of pyridine rings is 2. The molecule has 7 heteroatoms. The molecular weight excluding hydrogens is 448 g/mol. The van der Waals surface area contributed by atoms with Crippen LogP contribution in [0.15, 0.2) is 83.9 Å². The van der Waals surface area contributed by atoms with Gasteiger partial charge in [0.2, 0.25) is 5.69 Å². The summed E-state index contributed by atoms with van der Waals surface area (Å²) < 4.78 is 1.74. The molecule has 5 rings (SSSR count). The molecule has 5 aromatic rings. The summed E-state index contributed by atoms with van der Waals surface area (Å²) in [6.45, 7) is 13.2. The molecule has 1 N–H and O–H groups in total. The van der Waals surface area contributed by atoms with Gasteiger partial charge >= 0.3 is 0 Å². The molecule has 7 nitrogen and oxygen atoms in total. The highest BCUT2D eigenvalue weighted by Gasteiger charge is 2.20. The second kappa shape index (κ2) is 9.43. The molecular formula is C29H24N6O. The van der Waals surface area contributed by atoms with Crippen molar-refractivity contribution in [1.29, 1.82) is 0 Å². The van der Waals surface area contributed by atoms with Gasteiger partial charge in [0.25, 0.3) is 5.56 Å². The van der Waals surface area contributed by atoms with Gasteiger partial charge in [0.1, 0.15) is 11.6 Å². The highest BCUT2D eigenvalue weighted by atomic mass is 16.1. The molecule has 0 spiro atoms. The van der Waals surface area contributed by atoms with Gasteiger partial charge in [-0.25, -0.2) is 9.83 Å². The third-order valence-electron chi connectivity index (χ3n) is 6.10. The minimum atomic E-state index is -0.330. The molecule has 3 heterocycles. The van der Waals surface area contributed by atoms with Crippen LogP contribution in [-0.2, 0) is 0 Å². The van der Waals surface area contributed by atoms with E-state index in [1.807, 2.05) is 80.6 Å². The minimum Gasteiger partial charge on any atom is -0.371 e. The van der Waals surface area contributed by atoms with Gasteiger partial charge in [0, 0.05) is 29.5 Å². The predicted molar refractivity (Wildman–Crippen MR) is 143 cm³/mol. The van der Waals surface area contributed by atoms with Crippen LogP contribution in [0.4, 0.5) is 11.5 Å². The van der Waals surface area contributed by atoms with E-state index < -0.39 is 0 Å². The second-order valence-electron chi connectivity index (χ2n) is 8.63.